The zero-order chi connectivity index (χ0) is 18.4. The molecule has 6 heteroatoms. The van der Waals surface area contributed by atoms with Gasteiger partial charge in [0.05, 0.1) is 18.1 Å². The van der Waals surface area contributed by atoms with Crippen LogP contribution in [0.3, 0.4) is 0 Å². The SMILES string of the molecule is COc1ccc(OC(C)C(=O)NCCCc2nc3ccccc3[nH]2)cc1. The number of carbonyl (C=O) groups is 1. The molecule has 136 valence electrons. The number of amides is 1. The highest BCUT2D eigenvalue weighted by Crippen LogP contribution is 2.18. The molecule has 0 aliphatic heterocycles. The molecule has 0 saturated heterocycles. The second-order valence-electron chi connectivity index (χ2n) is 6.03. The molecule has 0 saturated carbocycles. The van der Waals surface area contributed by atoms with E-state index >= 15 is 0 Å². The van der Waals surface area contributed by atoms with Crippen LogP contribution < -0.4 is 14.8 Å². The van der Waals surface area contributed by atoms with E-state index in [-0.39, 0.29) is 5.91 Å². The second kappa shape index (κ2) is 8.38. The van der Waals surface area contributed by atoms with Crippen molar-refractivity contribution in [3.8, 4) is 11.5 Å². The topological polar surface area (TPSA) is 76.2 Å². The number of methoxy groups -OCH3 is 1. The van der Waals surface area contributed by atoms with Gasteiger partial charge in [-0.2, -0.15) is 0 Å². The normalized spacial score (nSPS) is 11.9. The van der Waals surface area contributed by atoms with Gasteiger partial charge in [-0.25, -0.2) is 4.98 Å². The number of hydrogen-bond donors (Lipinski definition) is 2. The van der Waals surface area contributed by atoms with Crippen molar-refractivity contribution < 1.29 is 14.3 Å². The molecule has 1 unspecified atom stereocenters. The van der Waals surface area contributed by atoms with Gasteiger partial charge in [-0.1, -0.05) is 12.1 Å². The van der Waals surface area contributed by atoms with Crippen molar-refractivity contribution >= 4 is 16.9 Å². The van der Waals surface area contributed by atoms with Crippen LogP contribution in [0, 0.1) is 0 Å². The molecule has 1 heterocycles. The zero-order valence-corrected chi connectivity index (χ0v) is 15.0. The largest absolute Gasteiger partial charge is 0.497 e. The minimum atomic E-state index is -0.561. The summed E-state index contributed by atoms with van der Waals surface area (Å²) in [6, 6.07) is 15.1. The fourth-order valence-corrected chi connectivity index (χ4v) is 2.65. The van der Waals surface area contributed by atoms with E-state index in [1.54, 1.807) is 38.3 Å². The number of aromatic amines is 1. The molecule has 2 N–H and O–H groups in total. The number of nitrogens with zero attached hydrogens (tertiary/aromatic N) is 1. The Hall–Kier alpha value is -3.02. The Morgan fingerprint density at radius 3 is 2.62 bits per heavy atom. The Balaban J connectivity index is 1.41. The number of imidazole rings is 1. The number of ether oxygens (including phenoxy) is 2. The van der Waals surface area contributed by atoms with Crippen LogP contribution in [0.5, 0.6) is 11.5 Å². The van der Waals surface area contributed by atoms with Gasteiger partial charge < -0.3 is 19.8 Å². The monoisotopic (exact) mass is 353 g/mol. The molecule has 1 aromatic heterocycles. The minimum Gasteiger partial charge on any atom is -0.497 e. The average Bonchev–Trinajstić information content (AvgIpc) is 3.08. The van der Waals surface area contributed by atoms with E-state index in [2.05, 4.69) is 15.3 Å². The summed E-state index contributed by atoms with van der Waals surface area (Å²) in [6.07, 6.45) is 1.03. The summed E-state index contributed by atoms with van der Waals surface area (Å²) in [5.41, 5.74) is 2.00. The Morgan fingerprint density at radius 2 is 1.88 bits per heavy atom. The van der Waals surface area contributed by atoms with E-state index < -0.39 is 6.10 Å². The lowest BCUT2D eigenvalue weighted by Gasteiger charge is -2.14. The van der Waals surface area contributed by atoms with Crippen molar-refractivity contribution in [2.45, 2.75) is 25.9 Å². The maximum Gasteiger partial charge on any atom is 0.260 e. The number of nitrogens with one attached hydrogen (secondary N) is 2. The fourth-order valence-electron chi connectivity index (χ4n) is 2.65. The van der Waals surface area contributed by atoms with E-state index in [9.17, 15) is 4.79 Å². The van der Waals surface area contributed by atoms with Gasteiger partial charge in [0, 0.05) is 13.0 Å². The van der Waals surface area contributed by atoms with Crippen LogP contribution in [0.25, 0.3) is 11.0 Å². The molecule has 0 radical (unpaired) electrons. The molecular formula is C20H23N3O3. The predicted octanol–water partition coefficient (Wildman–Crippen LogP) is 3.09. The molecule has 0 aliphatic carbocycles. The molecule has 3 aromatic rings. The third-order valence-corrected chi connectivity index (χ3v) is 4.07. The predicted molar refractivity (Wildman–Crippen MR) is 101 cm³/mol. The lowest BCUT2D eigenvalue weighted by atomic mass is 10.3. The molecule has 3 rings (SSSR count). The van der Waals surface area contributed by atoms with Crippen molar-refractivity contribution in [2.75, 3.05) is 13.7 Å². The van der Waals surface area contributed by atoms with Gasteiger partial charge in [-0.05, 0) is 49.7 Å². The summed E-state index contributed by atoms with van der Waals surface area (Å²) in [6.45, 7) is 2.31. The number of aromatic nitrogens is 2. The van der Waals surface area contributed by atoms with Gasteiger partial charge in [0.15, 0.2) is 6.10 Å². The summed E-state index contributed by atoms with van der Waals surface area (Å²) in [4.78, 5) is 20.0. The van der Waals surface area contributed by atoms with E-state index in [0.29, 0.717) is 12.3 Å². The van der Waals surface area contributed by atoms with Crippen molar-refractivity contribution in [1.82, 2.24) is 15.3 Å². The van der Waals surface area contributed by atoms with Crippen LogP contribution in [0.15, 0.2) is 48.5 Å². The molecule has 1 atom stereocenters. The number of carbonyl (C=O) groups excluding carboxylic acids is 1. The molecule has 0 aliphatic rings. The van der Waals surface area contributed by atoms with Crippen molar-refractivity contribution in [1.29, 1.82) is 0 Å². The van der Waals surface area contributed by atoms with Crippen LogP contribution in [0.4, 0.5) is 0 Å². The van der Waals surface area contributed by atoms with Gasteiger partial charge >= 0.3 is 0 Å². The molecule has 1 amide bonds. The summed E-state index contributed by atoms with van der Waals surface area (Å²) < 4.78 is 10.7. The Labute approximate surface area is 152 Å². The maximum atomic E-state index is 12.1. The van der Waals surface area contributed by atoms with E-state index in [0.717, 1.165) is 35.4 Å². The average molecular weight is 353 g/mol. The smallest absolute Gasteiger partial charge is 0.260 e. The minimum absolute atomic E-state index is 0.134. The highest BCUT2D eigenvalue weighted by Gasteiger charge is 2.14. The molecule has 2 aromatic carbocycles. The number of hydrogen-bond acceptors (Lipinski definition) is 4. The van der Waals surface area contributed by atoms with Crippen molar-refractivity contribution in [2.24, 2.45) is 0 Å². The maximum absolute atomic E-state index is 12.1. The first-order valence-electron chi connectivity index (χ1n) is 8.68. The number of H-pyrrole nitrogens is 1. The molecule has 26 heavy (non-hydrogen) atoms. The molecule has 6 nitrogen and oxygen atoms in total. The van der Waals surface area contributed by atoms with Gasteiger partial charge in [-0.15, -0.1) is 0 Å². The Bertz CT molecular complexity index is 825. The van der Waals surface area contributed by atoms with E-state index in [4.69, 9.17) is 9.47 Å². The number of fused-ring (bicyclic) bond motifs is 1. The van der Waals surface area contributed by atoms with Gasteiger partial charge in [-0.3, -0.25) is 4.79 Å². The third-order valence-electron chi connectivity index (χ3n) is 4.07. The first-order chi connectivity index (χ1) is 12.7. The van der Waals surface area contributed by atoms with Crippen LogP contribution in [-0.4, -0.2) is 35.6 Å². The van der Waals surface area contributed by atoms with E-state index in [1.807, 2.05) is 24.3 Å². The lowest BCUT2D eigenvalue weighted by molar-refractivity contribution is -0.127. The van der Waals surface area contributed by atoms with Crippen LogP contribution in [-0.2, 0) is 11.2 Å². The first kappa shape index (κ1) is 17.8. The van der Waals surface area contributed by atoms with Crippen LogP contribution in [0.2, 0.25) is 0 Å². The summed E-state index contributed by atoms with van der Waals surface area (Å²) in [7, 11) is 1.61. The zero-order valence-electron chi connectivity index (χ0n) is 15.0. The van der Waals surface area contributed by atoms with Gasteiger partial charge in [0.2, 0.25) is 0 Å². The Kier molecular flexibility index (Phi) is 5.73. The number of para-hydroxylation sites is 2. The van der Waals surface area contributed by atoms with Crippen LogP contribution >= 0.6 is 0 Å². The summed E-state index contributed by atoms with van der Waals surface area (Å²) in [5, 5.41) is 2.90. The molecular weight excluding hydrogens is 330 g/mol. The quantitative estimate of drug-likeness (QED) is 0.610. The summed E-state index contributed by atoms with van der Waals surface area (Å²) in [5.74, 6) is 2.18. The number of benzene rings is 2. The van der Waals surface area contributed by atoms with Crippen LogP contribution in [0.1, 0.15) is 19.2 Å². The number of aryl methyl sites for hydroxylation is 1. The molecule has 0 bridgehead atoms. The van der Waals surface area contributed by atoms with Crippen molar-refractivity contribution in [3.05, 3.63) is 54.4 Å². The molecule has 0 fully saturated rings. The van der Waals surface area contributed by atoms with Gasteiger partial charge in [0.1, 0.15) is 17.3 Å². The highest BCUT2D eigenvalue weighted by atomic mass is 16.5. The Morgan fingerprint density at radius 1 is 1.15 bits per heavy atom. The third kappa shape index (κ3) is 4.53. The fraction of sp³-hybridized carbons (Fsp3) is 0.300. The molecule has 0 spiro atoms. The highest BCUT2D eigenvalue weighted by molar-refractivity contribution is 5.80. The standard InChI is InChI=1S/C20H23N3O3/c1-14(26-16-11-9-15(25-2)10-12-16)20(24)21-13-5-8-19-22-17-6-3-4-7-18(17)23-19/h3-4,6-7,9-12,14H,5,8,13H2,1-2H3,(H,21,24)(H,22,23). The number of rotatable bonds is 8. The first-order valence-corrected chi connectivity index (χ1v) is 8.68. The van der Waals surface area contributed by atoms with Crippen molar-refractivity contribution in [3.63, 3.8) is 0 Å². The lowest BCUT2D eigenvalue weighted by Crippen LogP contribution is -2.36. The van der Waals surface area contributed by atoms with E-state index in [1.165, 1.54) is 0 Å². The summed E-state index contributed by atoms with van der Waals surface area (Å²) >= 11 is 0. The van der Waals surface area contributed by atoms with Gasteiger partial charge in [0.25, 0.3) is 5.91 Å². The second-order valence-corrected chi connectivity index (χ2v) is 6.03.